The number of rotatable bonds is 6. The number of ether oxygens (including phenoxy) is 1. The number of nitrogens with zero attached hydrogens (tertiary/aromatic N) is 1. The molecule has 1 aliphatic rings. The van der Waals surface area contributed by atoms with E-state index in [4.69, 9.17) is 9.73 Å². The van der Waals surface area contributed by atoms with Crippen LogP contribution in [0.4, 0.5) is 0 Å². The molecule has 0 fully saturated rings. The number of aliphatic imine (C=N–C) groups is 1. The maximum Gasteiger partial charge on any atom is 0.190 e. The number of benzene rings is 2. The van der Waals surface area contributed by atoms with E-state index in [0.29, 0.717) is 6.61 Å². The topological polar surface area (TPSA) is 21.6 Å². The Bertz CT molecular complexity index is 879. The van der Waals surface area contributed by atoms with Gasteiger partial charge in [-0.15, -0.1) is 0 Å². The van der Waals surface area contributed by atoms with Crippen LogP contribution in [0, 0.1) is 38.5 Å². The molecular formula is C28H40NOP. The first kappa shape index (κ1) is 24.0. The monoisotopic (exact) mass is 437 g/mol. The molecule has 0 aliphatic carbocycles. The second-order valence-corrected chi connectivity index (χ2v) is 12.7. The van der Waals surface area contributed by atoms with Crippen LogP contribution in [0.5, 0.6) is 0 Å². The molecule has 2 nitrogen and oxygen atoms in total. The molecule has 1 unspecified atom stereocenters. The van der Waals surface area contributed by atoms with Crippen LogP contribution >= 0.6 is 7.92 Å². The van der Waals surface area contributed by atoms with Crippen molar-refractivity contribution in [1.29, 1.82) is 0 Å². The molecule has 0 amide bonds. The SMILES string of the molecule is CCC(C)(CP(c1c(C)cccc1C)c1c(C)cccc1C)C1=N[C@@H](C(C)(C)C)CO1. The van der Waals surface area contributed by atoms with Crippen molar-refractivity contribution in [3.8, 4) is 0 Å². The highest BCUT2D eigenvalue weighted by molar-refractivity contribution is 7.73. The second kappa shape index (κ2) is 9.07. The maximum atomic E-state index is 6.30. The van der Waals surface area contributed by atoms with Crippen LogP contribution in [0.15, 0.2) is 41.4 Å². The molecule has 3 heteroatoms. The van der Waals surface area contributed by atoms with Crippen molar-refractivity contribution in [2.75, 3.05) is 12.8 Å². The third-order valence-corrected chi connectivity index (χ3v) is 10.4. The zero-order chi connectivity index (χ0) is 23.0. The van der Waals surface area contributed by atoms with Crippen molar-refractivity contribution in [2.24, 2.45) is 15.8 Å². The first-order valence-electron chi connectivity index (χ1n) is 11.6. The fourth-order valence-electron chi connectivity index (χ4n) is 4.56. The predicted octanol–water partition coefficient (Wildman–Crippen LogP) is 6.61. The summed E-state index contributed by atoms with van der Waals surface area (Å²) in [6.45, 7) is 21.2. The van der Waals surface area contributed by atoms with Gasteiger partial charge in [0.1, 0.15) is 6.61 Å². The molecule has 2 aromatic carbocycles. The summed E-state index contributed by atoms with van der Waals surface area (Å²) in [7, 11) is -0.547. The van der Waals surface area contributed by atoms with E-state index in [9.17, 15) is 0 Å². The lowest BCUT2D eigenvalue weighted by atomic mass is 9.87. The van der Waals surface area contributed by atoms with Crippen molar-refractivity contribution in [1.82, 2.24) is 0 Å². The fraction of sp³-hybridized carbons (Fsp3) is 0.536. The summed E-state index contributed by atoms with van der Waals surface area (Å²) < 4.78 is 6.30. The van der Waals surface area contributed by atoms with E-state index in [1.807, 2.05) is 0 Å². The first-order chi connectivity index (χ1) is 14.5. The van der Waals surface area contributed by atoms with Crippen LogP contribution in [0.1, 0.15) is 63.3 Å². The minimum atomic E-state index is -0.547. The molecule has 168 valence electrons. The van der Waals surface area contributed by atoms with E-state index in [1.54, 1.807) is 0 Å². The maximum absolute atomic E-state index is 6.30. The van der Waals surface area contributed by atoms with Crippen molar-refractivity contribution < 1.29 is 4.74 Å². The van der Waals surface area contributed by atoms with Gasteiger partial charge in [-0.1, -0.05) is 71.0 Å². The van der Waals surface area contributed by atoms with Gasteiger partial charge in [-0.25, -0.2) is 4.99 Å². The van der Waals surface area contributed by atoms with Crippen molar-refractivity contribution in [3.05, 3.63) is 58.7 Å². The van der Waals surface area contributed by atoms with Gasteiger partial charge in [0.25, 0.3) is 0 Å². The minimum absolute atomic E-state index is 0.0743. The van der Waals surface area contributed by atoms with E-state index in [1.165, 1.54) is 32.9 Å². The third kappa shape index (κ3) is 4.90. The van der Waals surface area contributed by atoms with Crippen molar-refractivity contribution >= 4 is 24.4 Å². The van der Waals surface area contributed by atoms with Crippen LogP contribution in [0.3, 0.4) is 0 Å². The Hall–Kier alpha value is -1.66. The van der Waals surface area contributed by atoms with Gasteiger partial charge in [-0.3, -0.25) is 0 Å². The molecular weight excluding hydrogens is 397 g/mol. The van der Waals surface area contributed by atoms with E-state index in [2.05, 4.69) is 98.7 Å². The van der Waals surface area contributed by atoms with Crippen molar-refractivity contribution in [2.45, 2.75) is 74.8 Å². The van der Waals surface area contributed by atoms with Crippen molar-refractivity contribution in [3.63, 3.8) is 0 Å². The number of hydrogen-bond acceptors (Lipinski definition) is 2. The Balaban J connectivity index is 2.12. The lowest BCUT2D eigenvalue weighted by molar-refractivity contribution is 0.220. The highest BCUT2D eigenvalue weighted by Gasteiger charge is 2.41. The summed E-state index contributed by atoms with van der Waals surface area (Å²) in [4.78, 5) is 5.14. The summed E-state index contributed by atoms with van der Waals surface area (Å²) in [6.07, 6.45) is 2.09. The molecule has 2 aromatic rings. The van der Waals surface area contributed by atoms with Gasteiger partial charge in [0.15, 0.2) is 5.90 Å². The molecule has 2 atom stereocenters. The molecule has 0 saturated heterocycles. The number of hydrogen-bond donors (Lipinski definition) is 0. The van der Waals surface area contributed by atoms with Crippen LogP contribution in [-0.2, 0) is 4.74 Å². The first-order valence-corrected chi connectivity index (χ1v) is 13.1. The predicted molar refractivity (Wildman–Crippen MR) is 138 cm³/mol. The Morgan fingerprint density at radius 3 is 1.68 bits per heavy atom. The largest absolute Gasteiger partial charge is 0.478 e. The van der Waals surface area contributed by atoms with E-state index < -0.39 is 7.92 Å². The Labute approximate surface area is 191 Å². The van der Waals surface area contributed by atoms with Gasteiger partial charge < -0.3 is 4.74 Å². The normalized spacial score (nSPS) is 18.6. The Kier molecular flexibility index (Phi) is 7.02. The zero-order valence-corrected chi connectivity index (χ0v) is 21.9. The summed E-state index contributed by atoms with van der Waals surface area (Å²) in [5, 5.41) is 3.06. The third-order valence-electron chi connectivity index (χ3n) is 6.87. The highest BCUT2D eigenvalue weighted by Crippen LogP contribution is 2.47. The molecule has 0 bridgehead atoms. The van der Waals surface area contributed by atoms with Crippen LogP contribution in [0.2, 0.25) is 0 Å². The van der Waals surface area contributed by atoms with Crippen LogP contribution in [-0.4, -0.2) is 24.7 Å². The number of aryl methyl sites for hydroxylation is 4. The van der Waals surface area contributed by atoms with Gasteiger partial charge in [0.2, 0.25) is 0 Å². The Morgan fingerprint density at radius 2 is 1.32 bits per heavy atom. The van der Waals surface area contributed by atoms with Crippen LogP contribution in [0.25, 0.3) is 0 Å². The summed E-state index contributed by atoms with van der Waals surface area (Å²) >= 11 is 0. The van der Waals surface area contributed by atoms with E-state index >= 15 is 0 Å². The van der Waals surface area contributed by atoms with Crippen LogP contribution < -0.4 is 10.6 Å². The molecule has 0 saturated carbocycles. The smallest absolute Gasteiger partial charge is 0.190 e. The fourth-order valence-corrected chi connectivity index (χ4v) is 8.16. The molecule has 31 heavy (non-hydrogen) atoms. The lowest BCUT2D eigenvalue weighted by Crippen LogP contribution is -2.35. The van der Waals surface area contributed by atoms with E-state index in [-0.39, 0.29) is 16.9 Å². The van der Waals surface area contributed by atoms with Gasteiger partial charge in [0.05, 0.1) is 6.04 Å². The Morgan fingerprint density at radius 1 is 0.871 bits per heavy atom. The molecule has 1 aliphatic heterocycles. The average Bonchev–Trinajstić information content (AvgIpc) is 3.19. The standard InChI is InChI=1S/C28H40NOP/c1-10-28(9,26-29-23(17-30-26)27(6,7)8)18-31(24-19(2)13-11-14-20(24)3)25-21(4)15-12-16-22(25)5/h11-16,23H,10,17-18H2,1-9H3/t23-,28?/m1/s1. The van der Waals surface area contributed by atoms with Gasteiger partial charge in [-0.2, -0.15) is 0 Å². The zero-order valence-electron chi connectivity index (χ0n) is 21.0. The molecule has 0 N–H and O–H groups in total. The molecule has 3 rings (SSSR count). The summed E-state index contributed by atoms with van der Waals surface area (Å²) in [5.74, 6) is 0.972. The molecule has 1 heterocycles. The molecule has 0 radical (unpaired) electrons. The van der Waals surface area contributed by atoms with Gasteiger partial charge in [0, 0.05) is 5.41 Å². The summed E-state index contributed by atoms with van der Waals surface area (Å²) in [5.41, 5.74) is 5.64. The minimum Gasteiger partial charge on any atom is -0.478 e. The van der Waals surface area contributed by atoms with Gasteiger partial charge in [-0.05, 0) is 86.5 Å². The second-order valence-electron chi connectivity index (χ2n) is 10.6. The lowest BCUT2D eigenvalue weighted by Gasteiger charge is -2.35. The quantitative estimate of drug-likeness (QED) is 0.466. The molecule has 0 aromatic heterocycles. The molecule has 0 spiro atoms. The average molecular weight is 438 g/mol. The summed E-state index contributed by atoms with van der Waals surface area (Å²) in [6, 6.07) is 13.7. The van der Waals surface area contributed by atoms with Gasteiger partial charge >= 0.3 is 0 Å². The van der Waals surface area contributed by atoms with E-state index in [0.717, 1.165) is 18.5 Å². The highest BCUT2D eigenvalue weighted by atomic mass is 31.1.